The standard InChI is InChI=1S/C23H21N3O4S/c1-26-18-9-5-4-8-17(18)25-21(26)13-24-22(27)16-7-3-6-10-20(16)31-14-19-15(11-12-30-19)23(28)29-2/h3-12H,13-14H2,1-2H3,(H,24,27). The summed E-state index contributed by atoms with van der Waals surface area (Å²) in [6.45, 7) is 0.313. The van der Waals surface area contributed by atoms with E-state index in [2.05, 4.69) is 10.3 Å². The van der Waals surface area contributed by atoms with Gasteiger partial charge >= 0.3 is 5.97 Å². The molecular weight excluding hydrogens is 414 g/mol. The minimum absolute atomic E-state index is 0.192. The second kappa shape index (κ2) is 9.09. The number of nitrogens with zero attached hydrogens (tertiary/aromatic N) is 2. The first-order chi connectivity index (χ1) is 15.1. The molecule has 7 nitrogen and oxygen atoms in total. The average molecular weight is 436 g/mol. The van der Waals surface area contributed by atoms with Crippen molar-refractivity contribution in [2.24, 2.45) is 7.05 Å². The van der Waals surface area contributed by atoms with Gasteiger partial charge in [-0.25, -0.2) is 9.78 Å². The number of fused-ring (bicyclic) bond motifs is 1. The van der Waals surface area contributed by atoms with E-state index in [-0.39, 0.29) is 5.91 Å². The molecule has 1 N–H and O–H groups in total. The first-order valence-electron chi connectivity index (χ1n) is 9.63. The molecule has 2 aromatic carbocycles. The molecule has 0 bridgehead atoms. The number of ether oxygens (including phenoxy) is 1. The molecule has 2 heterocycles. The molecule has 0 saturated carbocycles. The predicted molar refractivity (Wildman–Crippen MR) is 118 cm³/mol. The zero-order valence-electron chi connectivity index (χ0n) is 17.1. The van der Waals surface area contributed by atoms with Crippen LogP contribution in [0.2, 0.25) is 0 Å². The van der Waals surface area contributed by atoms with Gasteiger partial charge in [0.1, 0.15) is 17.1 Å². The maximum Gasteiger partial charge on any atom is 0.341 e. The van der Waals surface area contributed by atoms with Gasteiger partial charge in [0.25, 0.3) is 5.91 Å². The lowest BCUT2D eigenvalue weighted by Crippen LogP contribution is -2.25. The van der Waals surface area contributed by atoms with E-state index in [1.54, 1.807) is 12.1 Å². The summed E-state index contributed by atoms with van der Waals surface area (Å²) in [6, 6.07) is 16.8. The summed E-state index contributed by atoms with van der Waals surface area (Å²) >= 11 is 1.42. The topological polar surface area (TPSA) is 86.4 Å². The molecular formula is C23H21N3O4S. The van der Waals surface area contributed by atoms with Crippen LogP contribution in [0.15, 0.2) is 70.2 Å². The summed E-state index contributed by atoms with van der Waals surface area (Å²) < 4.78 is 12.2. The first kappa shape index (κ1) is 20.7. The van der Waals surface area contributed by atoms with Gasteiger partial charge in [-0.3, -0.25) is 4.79 Å². The number of aromatic nitrogens is 2. The quantitative estimate of drug-likeness (QED) is 0.346. The molecule has 0 radical (unpaired) electrons. The Morgan fingerprint density at radius 3 is 2.68 bits per heavy atom. The van der Waals surface area contributed by atoms with Gasteiger partial charge in [-0.15, -0.1) is 11.8 Å². The Morgan fingerprint density at radius 1 is 1.10 bits per heavy atom. The molecule has 158 valence electrons. The van der Waals surface area contributed by atoms with Crippen molar-refractivity contribution in [3.05, 3.63) is 83.6 Å². The maximum atomic E-state index is 12.9. The third-order valence-electron chi connectivity index (χ3n) is 4.93. The van der Waals surface area contributed by atoms with E-state index in [0.29, 0.717) is 29.2 Å². The summed E-state index contributed by atoms with van der Waals surface area (Å²) in [6.07, 6.45) is 1.46. The summed E-state index contributed by atoms with van der Waals surface area (Å²) in [5, 5.41) is 2.96. The molecule has 0 atom stereocenters. The van der Waals surface area contributed by atoms with Crippen LogP contribution in [0, 0.1) is 0 Å². The van der Waals surface area contributed by atoms with Crippen LogP contribution in [-0.4, -0.2) is 28.5 Å². The van der Waals surface area contributed by atoms with Crippen LogP contribution in [0.1, 0.15) is 32.3 Å². The highest BCUT2D eigenvalue weighted by molar-refractivity contribution is 7.98. The highest BCUT2D eigenvalue weighted by atomic mass is 32.2. The fraction of sp³-hybridized carbons (Fsp3) is 0.174. The first-order valence-corrected chi connectivity index (χ1v) is 10.6. The van der Waals surface area contributed by atoms with Gasteiger partial charge in [0, 0.05) is 11.9 Å². The number of thioether (sulfide) groups is 1. The number of hydrogen-bond acceptors (Lipinski definition) is 6. The van der Waals surface area contributed by atoms with E-state index in [1.807, 2.05) is 54.1 Å². The van der Waals surface area contributed by atoms with Crippen molar-refractivity contribution >= 4 is 34.7 Å². The third-order valence-corrected chi connectivity index (χ3v) is 6.00. The monoisotopic (exact) mass is 435 g/mol. The fourth-order valence-corrected chi connectivity index (χ4v) is 4.28. The maximum absolute atomic E-state index is 12.9. The number of nitrogens with one attached hydrogen (secondary N) is 1. The van der Waals surface area contributed by atoms with E-state index < -0.39 is 5.97 Å². The van der Waals surface area contributed by atoms with E-state index in [9.17, 15) is 9.59 Å². The molecule has 0 fully saturated rings. The van der Waals surface area contributed by atoms with Crippen molar-refractivity contribution in [1.29, 1.82) is 0 Å². The SMILES string of the molecule is COC(=O)c1ccoc1CSc1ccccc1C(=O)NCc1nc2ccccc2n1C. The number of furan rings is 1. The lowest BCUT2D eigenvalue weighted by Gasteiger charge is -2.10. The third kappa shape index (κ3) is 4.34. The summed E-state index contributed by atoms with van der Waals surface area (Å²) in [5.74, 6) is 1.04. The Balaban J connectivity index is 1.46. The number of benzene rings is 2. The number of carbonyl (C=O) groups excluding carboxylic acids is 2. The Labute approximate surface area is 183 Å². The Hall–Kier alpha value is -3.52. The number of para-hydroxylation sites is 2. The highest BCUT2D eigenvalue weighted by Crippen LogP contribution is 2.28. The highest BCUT2D eigenvalue weighted by Gasteiger charge is 2.17. The van der Waals surface area contributed by atoms with Crippen LogP contribution in [0.4, 0.5) is 0 Å². The fourth-order valence-electron chi connectivity index (χ4n) is 3.28. The zero-order valence-corrected chi connectivity index (χ0v) is 17.9. The molecule has 1 amide bonds. The van der Waals surface area contributed by atoms with Gasteiger partial charge in [-0.1, -0.05) is 24.3 Å². The summed E-state index contributed by atoms with van der Waals surface area (Å²) in [7, 11) is 3.26. The van der Waals surface area contributed by atoms with E-state index in [0.717, 1.165) is 21.8 Å². The summed E-state index contributed by atoms with van der Waals surface area (Å²) in [4.78, 5) is 30.1. The number of rotatable bonds is 7. The number of esters is 1. The van der Waals surface area contributed by atoms with Crippen LogP contribution < -0.4 is 5.32 Å². The molecule has 0 aliphatic rings. The van der Waals surface area contributed by atoms with Gasteiger partial charge in [0.2, 0.25) is 0 Å². The molecule has 8 heteroatoms. The van der Waals surface area contributed by atoms with Gasteiger partial charge in [0.05, 0.1) is 42.3 Å². The van der Waals surface area contributed by atoms with Crippen LogP contribution in [0.25, 0.3) is 11.0 Å². The number of imidazole rings is 1. The van der Waals surface area contributed by atoms with Crippen molar-refractivity contribution in [1.82, 2.24) is 14.9 Å². The molecule has 0 aliphatic carbocycles. The number of amides is 1. The molecule has 0 aliphatic heterocycles. The lowest BCUT2D eigenvalue weighted by molar-refractivity contribution is 0.0598. The molecule has 2 aromatic heterocycles. The second-order valence-electron chi connectivity index (χ2n) is 6.79. The normalized spacial score (nSPS) is 10.9. The van der Waals surface area contributed by atoms with E-state index in [4.69, 9.17) is 9.15 Å². The van der Waals surface area contributed by atoms with Gasteiger partial charge in [0.15, 0.2) is 0 Å². The molecule has 0 unspecified atom stereocenters. The van der Waals surface area contributed by atoms with Crippen molar-refractivity contribution in [3.63, 3.8) is 0 Å². The molecule has 0 saturated heterocycles. The largest absolute Gasteiger partial charge is 0.468 e. The van der Waals surface area contributed by atoms with E-state index >= 15 is 0 Å². The van der Waals surface area contributed by atoms with Crippen molar-refractivity contribution in [2.75, 3.05) is 7.11 Å². The molecule has 4 rings (SSSR count). The van der Waals surface area contributed by atoms with Crippen LogP contribution >= 0.6 is 11.8 Å². The van der Waals surface area contributed by atoms with Crippen molar-refractivity contribution in [2.45, 2.75) is 17.2 Å². The van der Waals surface area contributed by atoms with Crippen molar-refractivity contribution < 1.29 is 18.7 Å². The van der Waals surface area contributed by atoms with Crippen LogP contribution in [-0.2, 0) is 24.1 Å². The molecule has 4 aromatic rings. The Kier molecular flexibility index (Phi) is 6.08. The smallest absolute Gasteiger partial charge is 0.341 e. The van der Waals surface area contributed by atoms with Gasteiger partial charge < -0.3 is 19.0 Å². The van der Waals surface area contributed by atoms with Crippen LogP contribution in [0.3, 0.4) is 0 Å². The number of methoxy groups -OCH3 is 1. The number of hydrogen-bond donors (Lipinski definition) is 1. The second-order valence-corrected chi connectivity index (χ2v) is 7.81. The molecule has 0 spiro atoms. The minimum Gasteiger partial charge on any atom is -0.468 e. The van der Waals surface area contributed by atoms with Crippen molar-refractivity contribution in [3.8, 4) is 0 Å². The zero-order chi connectivity index (χ0) is 21.8. The van der Waals surface area contributed by atoms with E-state index in [1.165, 1.54) is 25.1 Å². The lowest BCUT2D eigenvalue weighted by atomic mass is 10.2. The summed E-state index contributed by atoms with van der Waals surface area (Å²) in [5.41, 5.74) is 2.85. The van der Waals surface area contributed by atoms with Gasteiger partial charge in [-0.2, -0.15) is 0 Å². The molecule has 31 heavy (non-hydrogen) atoms. The number of carbonyl (C=O) groups is 2. The predicted octanol–water partition coefficient (Wildman–Crippen LogP) is 4.18. The Morgan fingerprint density at radius 2 is 1.87 bits per heavy atom. The minimum atomic E-state index is -0.446. The average Bonchev–Trinajstić information content (AvgIpc) is 3.40. The Bertz CT molecular complexity index is 1240. The van der Waals surface area contributed by atoms with Gasteiger partial charge in [-0.05, 0) is 30.3 Å². The number of aryl methyl sites for hydroxylation is 1. The van der Waals surface area contributed by atoms with Crippen LogP contribution in [0.5, 0.6) is 0 Å².